The van der Waals surface area contributed by atoms with Crippen molar-refractivity contribution in [1.29, 1.82) is 0 Å². The standard InChI is InChI=1S/C12H23N3OS/c1-8(2)10-7-14-12(17-10)13-6-5-11(16)15-9(3)4/h8-10H,5-7H2,1-4H3,(H,13,14)(H,15,16). The molecule has 0 saturated carbocycles. The fraction of sp³-hybridized carbons (Fsp3) is 0.833. The van der Waals surface area contributed by atoms with Crippen LogP contribution in [0.3, 0.4) is 0 Å². The van der Waals surface area contributed by atoms with Gasteiger partial charge in [0.15, 0.2) is 5.17 Å². The summed E-state index contributed by atoms with van der Waals surface area (Å²) in [6.45, 7) is 9.92. The number of hydrogen-bond acceptors (Lipinski definition) is 4. The van der Waals surface area contributed by atoms with E-state index in [1.807, 2.05) is 13.8 Å². The number of carbonyl (C=O) groups excluding carboxylic acids is 1. The van der Waals surface area contributed by atoms with Crippen molar-refractivity contribution in [1.82, 2.24) is 10.6 Å². The maximum Gasteiger partial charge on any atom is 0.221 e. The third-order valence-electron chi connectivity index (χ3n) is 2.50. The Hall–Kier alpha value is -0.710. The number of rotatable bonds is 5. The fourth-order valence-corrected chi connectivity index (χ4v) is 2.55. The van der Waals surface area contributed by atoms with Crippen molar-refractivity contribution in [3.63, 3.8) is 0 Å². The number of amides is 1. The molecule has 1 amide bonds. The van der Waals surface area contributed by atoms with E-state index in [2.05, 4.69) is 29.5 Å². The largest absolute Gasteiger partial charge is 0.364 e. The van der Waals surface area contributed by atoms with Crippen LogP contribution in [0.15, 0.2) is 4.99 Å². The highest BCUT2D eigenvalue weighted by Gasteiger charge is 2.22. The maximum atomic E-state index is 11.4. The number of hydrogen-bond donors (Lipinski definition) is 2. The average molecular weight is 257 g/mol. The first-order valence-electron chi connectivity index (χ1n) is 6.23. The van der Waals surface area contributed by atoms with E-state index < -0.39 is 0 Å². The van der Waals surface area contributed by atoms with Crippen molar-refractivity contribution in [2.24, 2.45) is 10.9 Å². The summed E-state index contributed by atoms with van der Waals surface area (Å²) in [7, 11) is 0. The smallest absolute Gasteiger partial charge is 0.221 e. The molecule has 0 fully saturated rings. The highest BCUT2D eigenvalue weighted by atomic mass is 32.2. The second-order valence-electron chi connectivity index (χ2n) is 4.95. The van der Waals surface area contributed by atoms with Gasteiger partial charge in [0.05, 0.1) is 6.54 Å². The van der Waals surface area contributed by atoms with E-state index in [1.165, 1.54) is 0 Å². The molecule has 0 saturated heterocycles. The van der Waals surface area contributed by atoms with E-state index in [-0.39, 0.29) is 11.9 Å². The van der Waals surface area contributed by atoms with Crippen LogP contribution in [0.25, 0.3) is 0 Å². The Balaban J connectivity index is 2.14. The monoisotopic (exact) mass is 257 g/mol. The zero-order chi connectivity index (χ0) is 12.8. The van der Waals surface area contributed by atoms with E-state index in [4.69, 9.17) is 0 Å². The van der Waals surface area contributed by atoms with Gasteiger partial charge >= 0.3 is 0 Å². The minimum absolute atomic E-state index is 0.0940. The van der Waals surface area contributed by atoms with Crippen LogP contribution in [0.5, 0.6) is 0 Å². The van der Waals surface area contributed by atoms with Crippen molar-refractivity contribution in [2.45, 2.75) is 45.4 Å². The minimum Gasteiger partial charge on any atom is -0.364 e. The van der Waals surface area contributed by atoms with Crippen LogP contribution < -0.4 is 10.6 Å². The summed E-state index contributed by atoms with van der Waals surface area (Å²) < 4.78 is 0. The van der Waals surface area contributed by atoms with Crippen molar-refractivity contribution in [3.05, 3.63) is 0 Å². The molecular weight excluding hydrogens is 234 g/mol. The van der Waals surface area contributed by atoms with E-state index in [9.17, 15) is 4.79 Å². The van der Waals surface area contributed by atoms with Gasteiger partial charge in [-0.3, -0.25) is 9.79 Å². The van der Waals surface area contributed by atoms with Gasteiger partial charge in [-0.2, -0.15) is 0 Å². The molecule has 98 valence electrons. The highest BCUT2D eigenvalue weighted by Crippen LogP contribution is 2.25. The van der Waals surface area contributed by atoms with Gasteiger partial charge in [0, 0.05) is 24.3 Å². The zero-order valence-corrected chi connectivity index (χ0v) is 11.9. The molecule has 0 bridgehead atoms. The zero-order valence-electron chi connectivity index (χ0n) is 11.1. The predicted octanol–water partition coefficient (Wildman–Crippen LogP) is 1.62. The number of thioether (sulfide) groups is 1. The topological polar surface area (TPSA) is 53.5 Å². The summed E-state index contributed by atoms with van der Waals surface area (Å²) in [6, 6.07) is 0.214. The Labute approximate surface area is 108 Å². The third-order valence-corrected chi connectivity index (χ3v) is 3.99. The van der Waals surface area contributed by atoms with Crippen LogP contribution in [-0.4, -0.2) is 35.5 Å². The number of aliphatic imine (C=N–C) groups is 1. The van der Waals surface area contributed by atoms with E-state index >= 15 is 0 Å². The highest BCUT2D eigenvalue weighted by molar-refractivity contribution is 8.14. The van der Waals surface area contributed by atoms with E-state index in [0.29, 0.717) is 24.1 Å². The summed E-state index contributed by atoms with van der Waals surface area (Å²) in [4.78, 5) is 15.8. The molecule has 0 aromatic heterocycles. The Morgan fingerprint density at radius 2 is 2.18 bits per heavy atom. The molecule has 0 aromatic rings. The van der Waals surface area contributed by atoms with Crippen molar-refractivity contribution >= 4 is 22.8 Å². The van der Waals surface area contributed by atoms with Crippen LogP contribution in [0.1, 0.15) is 34.1 Å². The molecule has 17 heavy (non-hydrogen) atoms. The molecule has 1 rings (SSSR count). The lowest BCUT2D eigenvalue weighted by molar-refractivity contribution is -0.121. The Kier molecular flexibility index (Phi) is 5.82. The molecular formula is C12H23N3OS. The van der Waals surface area contributed by atoms with Crippen LogP contribution in [0.2, 0.25) is 0 Å². The Morgan fingerprint density at radius 3 is 2.71 bits per heavy atom. The van der Waals surface area contributed by atoms with Gasteiger partial charge in [0.25, 0.3) is 0 Å². The first kappa shape index (κ1) is 14.4. The molecule has 4 nitrogen and oxygen atoms in total. The summed E-state index contributed by atoms with van der Waals surface area (Å²) in [5.74, 6) is 0.740. The summed E-state index contributed by atoms with van der Waals surface area (Å²) in [5.41, 5.74) is 0. The lowest BCUT2D eigenvalue weighted by atomic mass is 10.1. The molecule has 0 spiro atoms. The van der Waals surface area contributed by atoms with Gasteiger partial charge in [0.1, 0.15) is 0 Å². The number of nitrogens with zero attached hydrogens (tertiary/aromatic N) is 1. The lowest BCUT2D eigenvalue weighted by Gasteiger charge is -2.12. The van der Waals surface area contributed by atoms with Gasteiger partial charge in [-0.05, 0) is 19.8 Å². The SMILES string of the molecule is CC(C)NC(=O)CCNC1=NCC(C(C)C)S1. The Morgan fingerprint density at radius 1 is 1.47 bits per heavy atom. The molecule has 5 heteroatoms. The first-order valence-corrected chi connectivity index (χ1v) is 7.11. The fourth-order valence-electron chi connectivity index (χ4n) is 1.51. The van der Waals surface area contributed by atoms with Gasteiger partial charge < -0.3 is 10.6 Å². The van der Waals surface area contributed by atoms with Crippen LogP contribution in [0.4, 0.5) is 0 Å². The minimum atomic E-state index is 0.0940. The van der Waals surface area contributed by atoms with Crippen molar-refractivity contribution in [2.75, 3.05) is 13.1 Å². The summed E-state index contributed by atoms with van der Waals surface area (Å²) in [6.07, 6.45) is 0.504. The van der Waals surface area contributed by atoms with Crippen molar-refractivity contribution < 1.29 is 4.79 Å². The van der Waals surface area contributed by atoms with E-state index in [1.54, 1.807) is 11.8 Å². The van der Waals surface area contributed by atoms with Crippen molar-refractivity contribution in [3.8, 4) is 0 Å². The number of nitrogens with one attached hydrogen (secondary N) is 2. The first-order chi connectivity index (χ1) is 7.99. The summed E-state index contributed by atoms with van der Waals surface area (Å²) >= 11 is 1.79. The lowest BCUT2D eigenvalue weighted by Crippen LogP contribution is -2.33. The second kappa shape index (κ2) is 6.89. The third kappa shape index (κ3) is 5.44. The molecule has 2 N–H and O–H groups in total. The quantitative estimate of drug-likeness (QED) is 0.787. The molecule has 1 atom stereocenters. The van der Waals surface area contributed by atoms with Crippen LogP contribution in [-0.2, 0) is 4.79 Å². The van der Waals surface area contributed by atoms with Crippen LogP contribution >= 0.6 is 11.8 Å². The molecule has 0 aromatic carbocycles. The number of amidine groups is 1. The van der Waals surface area contributed by atoms with Gasteiger partial charge in [-0.25, -0.2) is 0 Å². The molecule has 0 aliphatic carbocycles. The average Bonchev–Trinajstić information content (AvgIpc) is 2.65. The predicted molar refractivity (Wildman–Crippen MR) is 74.4 cm³/mol. The molecule has 1 heterocycles. The molecule has 0 radical (unpaired) electrons. The Bertz CT molecular complexity index is 289. The second-order valence-corrected chi connectivity index (χ2v) is 6.17. The van der Waals surface area contributed by atoms with Gasteiger partial charge in [-0.1, -0.05) is 25.6 Å². The van der Waals surface area contributed by atoms with E-state index in [0.717, 1.165) is 11.7 Å². The maximum absolute atomic E-state index is 11.4. The number of carbonyl (C=O) groups is 1. The van der Waals surface area contributed by atoms with Gasteiger partial charge in [-0.15, -0.1) is 0 Å². The molecule has 1 aliphatic rings. The molecule has 1 unspecified atom stereocenters. The van der Waals surface area contributed by atoms with Gasteiger partial charge in [0.2, 0.25) is 5.91 Å². The molecule has 1 aliphatic heterocycles. The summed E-state index contributed by atoms with van der Waals surface area (Å²) in [5, 5.41) is 7.66. The normalized spacial score (nSPS) is 19.6. The van der Waals surface area contributed by atoms with Crippen LogP contribution in [0, 0.1) is 5.92 Å².